The van der Waals surface area contributed by atoms with Crippen LogP contribution in [-0.2, 0) is 20.9 Å². The zero-order chi connectivity index (χ0) is 20.2. The summed E-state index contributed by atoms with van der Waals surface area (Å²) in [5.41, 5.74) is 6.02. The van der Waals surface area contributed by atoms with E-state index in [9.17, 15) is 19.5 Å². The predicted octanol–water partition coefficient (Wildman–Crippen LogP) is 0.184. The van der Waals surface area contributed by atoms with Gasteiger partial charge in [0.15, 0.2) is 0 Å². The molecule has 0 aliphatic rings. The summed E-state index contributed by atoms with van der Waals surface area (Å²) in [5.74, 6) is -1.84. The summed E-state index contributed by atoms with van der Waals surface area (Å²) >= 11 is 0. The summed E-state index contributed by atoms with van der Waals surface area (Å²) in [5, 5.41) is 23.3. The van der Waals surface area contributed by atoms with Gasteiger partial charge < -0.3 is 26.2 Å². The number of hydrogen-bond donors (Lipinski definition) is 4. The number of alkyl carbamates (subject to hydrolysis) is 1. The molecule has 0 heterocycles. The second kappa shape index (κ2) is 11.5. The molecule has 0 aromatic heterocycles. The lowest BCUT2D eigenvalue weighted by Crippen LogP contribution is -2.46. The number of ether oxygens (including phenoxy) is 1. The summed E-state index contributed by atoms with van der Waals surface area (Å²) < 4.78 is 4.98. The van der Waals surface area contributed by atoms with Crippen LogP contribution in [0.25, 0.3) is 0 Å². The molecule has 0 aliphatic carbocycles. The Morgan fingerprint density at radius 1 is 1.30 bits per heavy atom. The van der Waals surface area contributed by atoms with Crippen LogP contribution in [0.15, 0.2) is 30.3 Å². The summed E-state index contributed by atoms with van der Waals surface area (Å²) in [6.45, 7) is 1.49. The Bertz CT molecular complexity index is 674. The molecule has 3 amide bonds. The molecule has 1 aromatic carbocycles. The average molecular weight is 376 g/mol. The molecule has 3 atom stereocenters. The van der Waals surface area contributed by atoms with Crippen LogP contribution in [0.2, 0.25) is 0 Å². The highest BCUT2D eigenvalue weighted by Gasteiger charge is 2.22. The lowest BCUT2D eigenvalue weighted by Gasteiger charge is -2.18. The first kappa shape index (κ1) is 21.9. The first-order valence-electron chi connectivity index (χ1n) is 8.42. The molecule has 9 heteroatoms. The standard InChI is InChI=1S/C18H24N4O5/c1-12(9-19)7-15(17(20)25)22-16(24)8-14(23)10-21-18(26)27-11-13-5-3-2-4-6-13/h2-6,12,14-15,23H,7-8,10-11H2,1H3,(H2,20,25)(H,21,26)(H,22,24)/t12-,14+,15+/m1/s1. The summed E-state index contributed by atoms with van der Waals surface area (Å²) in [6.07, 6.45) is -2.16. The van der Waals surface area contributed by atoms with Crippen molar-refractivity contribution in [1.82, 2.24) is 10.6 Å². The fourth-order valence-corrected chi connectivity index (χ4v) is 2.17. The second-order valence-corrected chi connectivity index (χ2v) is 6.09. The van der Waals surface area contributed by atoms with E-state index in [-0.39, 0.29) is 26.0 Å². The molecular weight excluding hydrogens is 352 g/mol. The van der Waals surface area contributed by atoms with Crippen LogP contribution in [-0.4, -0.2) is 41.7 Å². The Morgan fingerprint density at radius 2 is 1.96 bits per heavy atom. The Kier molecular flexibility index (Phi) is 9.33. The van der Waals surface area contributed by atoms with Gasteiger partial charge in [-0.2, -0.15) is 5.26 Å². The Labute approximate surface area is 157 Å². The highest BCUT2D eigenvalue weighted by Crippen LogP contribution is 2.05. The minimum atomic E-state index is -1.17. The van der Waals surface area contributed by atoms with Crippen LogP contribution in [0.3, 0.4) is 0 Å². The van der Waals surface area contributed by atoms with E-state index < -0.39 is 36.0 Å². The number of hydrogen-bond acceptors (Lipinski definition) is 6. The molecule has 0 fully saturated rings. The zero-order valence-corrected chi connectivity index (χ0v) is 15.1. The van der Waals surface area contributed by atoms with Gasteiger partial charge in [0, 0.05) is 12.5 Å². The number of aliphatic hydroxyl groups excluding tert-OH is 1. The van der Waals surface area contributed by atoms with Gasteiger partial charge in [-0.25, -0.2) is 4.79 Å². The quantitative estimate of drug-likeness (QED) is 0.457. The van der Waals surface area contributed by atoms with Crippen molar-refractivity contribution in [2.45, 2.75) is 38.5 Å². The molecular formula is C18H24N4O5. The molecule has 27 heavy (non-hydrogen) atoms. The SMILES string of the molecule is C[C@@H](C#N)C[C@H](NC(=O)C[C@H](O)CNC(=O)OCc1ccccc1)C(N)=O. The van der Waals surface area contributed by atoms with Gasteiger partial charge >= 0.3 is 6.09 Å². The van der Waals surface area contributed by atoms with Crippen molar-refractivity contribution in [2.75, 3.05) is 6.54 Å². The highest BCUT2D eigenvalue weighted by atomic mass is 16.5. The lowest BCUT2D eigenvalue weighted by molar-refractivity contribution is -0.128. The third-order valence-electron chi connectivity index (χ3n) is 3.60. The average Bonchev–Trinajstić information content (AvgIpc) is 2.64. The number of rotatable bonds is 10. The molecule has 0 unspecified atom stereocenters. The van der Waals surface area contributed by atoms with Crippen molar-refractivity contribution < 1.29 is 24.2 Å². The van der Waals surface area contributed by atoms with E-state index >= 15 is 0 Å². The Balaban J connectivity index is 2.32. The molecule has 9 nitrogen and oxygen atoms in total. The normalized spacial score (nSPS) is 13.5. The summed E-state index contributed by atoms with van der Waals surface area (Å²) in [7, 11) is 0. The zero-order valence-electron chi connectivity index (χ0n) is 15.1. The lowest BCUT2D eigenvalue weighted by atomic mass is 10.0. The van der Waals surface area contributed by atoms with Gasteiger partial charge in [-0.3, -0.25) is 9.59 Å². The maximum atomic E-state index is 11.9. The maximum Gasteiger partial charge on any atom is 0.407 e. The van der Waals surface area contributed by atoms with Crippen LogP contribution < -0.4 is 16.4 Å². The Hall–Kier alpha value is -3.12. The van der Waals surface area contributed by atoms with E-state index in [1.165, 1.54) is 0 Å². The number of carbonyl (C=O) groups is 3. The monoisotopic (exact) mass is 376 g/mol. The van der Waals surface area contributed by atoms with Gasteiger partial charge in [0.1, 0.15) is 12.6 Å². The topological polar surface area (TPSA) is 155 Å². The van der Waals surface area contributed by atoms with Crippen molar-refractivity contribution in [1.29, 1.82) is 5.26 Å². The molecule has 0 aliphatic heterocycles. The van der Waals surface area contributed by atoms with Crippen LogP contribution in [0.1, 0.15) is 25.3 Å². The van der Waals surface area contributed by atoms with Crippen molar-refractivity contribution in [3.63, 3.8) is 0 Å². The van der Waals surface area contributed by atoms with Gasteiger partial charge in [-0.1, -0.05) is 30.3 Å². The molecule has 0 radical (unpaired) electrons. The van der Waals surface area contributed by atoms with E-state index in [1.807, 2.05) is 24.3 Å². The fourth-order valence-electron chi connectivity index (χ4n) is 2.17. The fraction of sp³-hybridized carbons (Fsp3) is 0.444. The van der Waals surface area contributed by atoms with Crippen LogP contribution >= 0.6 is 0 Å². The van der Waals surface area contributed by atoms with E-state index in [0.717, 1.165) is 5.56 Å². The highest BCUT2D eigenvalue weighted by molar-refractivity contribution is 5.86. The number of aliphatic hydroxyl groups is 1. The van der Waals surface area contributed by atoms with Crippen molar-refractivity contribution >= 4 is 17.9 Å². The number of amides is 3. The van der Waals surface area contributed by atoms with Gasteiger partial charge in [0.05, 0.1) is 18.6 Å². The largest absolute Gasteiger partial charge is 0.445 e. The molecule has 146 valence electrons. The first-order chi connectivity index (χ1) is 12.8. The number of nitrogens with zero attached hydrogens (tertiary/aromatic N) is 1. The molecule has 0 saturated heterocycles. The molecule has 0 saturated carbocycles. The Morgan fingerprint density at radius 3 is 2.56 bits per heavy atom. The minimum absolute atomic E-state index is 0.0811. The summed E-state index contributed by atoms with van der Waals surface area (Å²) in [6, 6.07) is 10.0. The van der Waals surface area contributed by atoms with E-state index in [0.29, 0.717) is 0 Å². The van der Waals surface area contributed by atoms with Gasteiger partial charge in [0.25, 0.3) is 0 Å². The first-order valence-corrected chi connectivity index (χ1v) is 8.42. The predicted molar refractivity (Wildman–Crippen MR) is 95.8 cm³/mol. The van der Waals surface area contributed by atoms with E-state index in [2.05, 4.69) is 10.6 Å². The van der Waals surface area contributed by atoms with Crippen LogP contribution in [0.5, 0.6) is 0 Å². The molecule has 1 aromatic rings. The van der Waals surface area contributed by atoms with Crippen LogP contribution in [0.4, 0.5) is 4.79 Å². The molecule has 0 spiro atoms. The van der Waals surface area contributed by atoms with E-state index in [4.69, 9.17) is 15.7 Å². The third-order valence-corrected chi connectivity index (χ3v) is 3.60. The van der Waals surface area contributed by atoms with Crippen molar-refractivity contribution in [2.24, 2.45) is 11.7 Å². The van der Waals surface area contributed by atoms with E-state index in [1.54, 1.807) is 19.1 Å². The maximum absolute atomic E-state index is 11.9. The smallest absolute Gasteiger partial charge is 0.407 e. The number of nitrogens with two attached hydrogens (primary N) is 1. The van der Waals surface area contributed by atoms with Gasteiger partial charge in [-0.05, 0) is 18.9 Å². The molecule has 0 bridgehead atoms. The number of nitrogens with one attached hydrogen (secondary N) is 2. The van der Waals surface area contributed by atoms with Gasteiger partial charge in [-0.15, -0.1) is 0 Å². The van der Waals surface area contributed by atoms with Crippen molar-refractivity contribution in [3.05, 3.63) is 35.9 Å². The number of primary amides is 1. The number of nitriles is 1. The number of benzene rings is 1. The van der Waals surface area contributed by atoms with Crippen molar-refractivity contribution in [3.8, 4) is 6.07 Å². The third kappa shape index (κ3) is 9.23. The van der Waals surface area contributed by atoms with Gasteiger partial charge in [0.2, 0.25) is 11.8 Å². The summed E-state index contributed by atoms with van der Waals surface area (Å²) in [4.78, 5) is 34.8. The van der Waals surface area contributed by atoms with Crippen LogP contribution in [0, 0.1) is 17.2 Å². The second-order valence-electron chi connectivity index (χ2n) is 6.09. The molecule has 1 rings (SSSR count). The molecule has 5 N–H and O–H groups in total. The minimum Gasteiger partial charge on any atom is -0.445 e. The number of carbonyl (C=O) groups excluding carboxylic acids is 3.